The minimum Gasteiger partial charge on any atom is -0.496 e. The van der Waals surface area contributed by atoms with Gasteiger partial charge in [0.2, 0.25) is 5.91 Å². The number of hydrogen-bond donors (Lipinski definition) is 2. The van der Waals surface area contributed by atoms with Crippen LogP contribution in [0.5, 0.6) is 5.75 Å². The zero-order valence-electron chi connectivity index (χ0n) is 13.7. The first-order valence-corrected chi connectivity index (χ1v) is 7.60. The normalized spacial score (nSPS) is 14.8. The number of ether oxygens (including phenoxy) is 1. The van der Waals surface area contributed by atoms with E-state index in [4.69, 9.17) is 9.15 Å². The highest BCUT2D eigenvalue weighted by Crippen LogP contribution is 2.28. The van der Waals surface area contributed by atoms with Gasteiger partial charge in [-0.25, -0.2) is 0 Å². The van der Waals surface area contributed by atoms with Crippen molar-refractivity contribution in [3.63, 3.8) is 0 Å². The van der Waals surface area contributed by atoms with Gasteiger partial charge in [-0.15, -0.1) is 0 Å². The summed E-state index contributed by atoms with van der Waals surface area (Å²) in [5, 5.41) is 13.1. The van der Waals surface area contributed by atoms with Crippen LogP contribution >= 0.6 is 0 Å². The molecule has 124 valence electrons. The Hall–Kier alpha value is -2.27. The molecule has 2 rings (SSSR count). The van der Waals surface area contributed by atoms with Crippen LogP contribution in [0.1, 0.15) is 37.5 Å². The molecule has 1 aromatic heterocycles. The lowest BCUT2D eigenvalue weighted by Gasteiger charge is -2.22. The molecule has 0 spiro atoms. The van der Waals surface area contributed by atoms with Gasteiger partial charge in [0.15, 0.2) is 0 Å². The van der Waals surface area contributed by atoms with Crippen LogP contribution in [0.15, 0.2) is 47.1 Å². The van der Waals surface area contributed by atoms with Crippen LogP contribution in [0.25, 0.3) is 0 Å². The highest BCUT2D eigenvalue weighted by Gasteiger charge is 2.27. The van der Waals surface area contributed by atoms with Gasteiger partial charge < -0.3 is 19.6 Å². The number of benzene rings is 1. The number of nitrogens with one attached hydrogen (secondary N) is 1. The Morgan fingerprint density at radius 2 is 2.09 bits per heavy atom. The Labute approximate surface area is 136 Å². The topological polar surface area (TPSA) is 71.7 Å². The summed E-state index contributed by atoms with van der Waals surface area (Å²) in [6.07, 6.45) is 1.81. The number of amides is 1. The first kappa shape index (κ1) is 17.1. The number of rotatable bonds is 7. The van der Waals surface area contributed by atoms with Crippen molar-refractivity contribution in [2.75, 3.05) is 13.7 Å². The minimum atomic E-state index is -1.23. The minimum absolute atomic E-state index is 0.0136. The summed E-state index contributed by atoms with van der Waals surface area (Å²) in [5.41, 5.74) is -0.240. The zero-order chi connectivity index (χ0) is 16.9. The number of aliphatic hydroxyl groups is 1. The van der Waals surface area contributed by atoms with Crippen LogP contribution in [-0.4, -0.2) is 24.7 Å². The summed E-state index contributed by atoms with van der Waals surface area (Å²) in [6, 6.07) is 11.0. The number of carbonyl (C=O) groups is 1. The number of hydrogen-bond acceptors (Lipinski definition) is 4. The van der Waals surface area contributed by atoms with Crippen LogP contribution in [0.2, 0.25) is 0 Å². The van der Waals surface area contributed by atoms with Gasteiger partial charge in [-0.3, -0.25) is 4.79 Å². The molecule has 2 aromatic rings. The molecule has 0 aliphatic rings. The summed E-state index contributed by atoms with van der Waals surface area (Å²) in [7, 11) is 1.62. The highest BCUT2D eigenvalue weighted by atomic mass is 16.5. The van der Waals surface area contributed by atoms with Gasteiger partial charge in [0.1, 0.15) is 17.1 Å². The van der Waals surface area contributed by atoms with Crippen molar-refractivity contribution >= 4 is 5.91 Å². The third-order valence-corrected chi connectivity index (χ3v) is 3.84. The van der Waals surface area contributed by atoms with Crippen LogP contribution in [0.4, 0.5) is 0 Å². The maximum atomic E-state index is 12.1. The summed E-state index contributed by atoms with van der Waals surface area (Å²) < 4.78 is 10.5. The summed E-state index contributed by atoms with van der Waals surface area (Å²) >= 11 is 0. The van der Waals surface area contributed by atoms with Gasteiger partial charge in [-0.05, 0) is 36.6 Å². The largest absolute Gasteiger partial charge is 0.496 e. The fraction of sp³-hybridized carbons (Fsp3) is 0.389. The van der Waals surface area contributed by atoms with Gasteiger partial charge in [0, 0.05) is 6.42 Å². The third kappa shape index (κ3) is 4.36. The number of furan rings is 1. The molecule has 0 bridgehead atoms. The molecular formula is C18H23NO4. The average molecular weight is 317 g/mol. The van der Waals surface area contributed by atoms with E-state index < -0.39 is 5.60 Å². The van der Waals surface area contributed by atoms with E-state index in [0.29, 0.717) is 12.2 Å². The molecule has 0 saturated heterocycles. The molecule has 2 unspecified atom stereocenters. The van der Waals surface area contributed by atoms with E-state index in [0.717, 1.165) is 11.3 Å². The van der Waals surface area contributed by atoms with Crippen LogP contribution in [0.3, 0.4) is 0 Å². The van der Waals surface area contributed by atoms with Crippen molar-refractivity contribution in [3.8, 4) is 5.75 Å². The predicted octanol–water partition coefficient (Wildman–Crippen LogP) is 2.81. The first-order valence-electron chi connectivity index (χ1n) is 7.60. The molecule has 5 heteroatoms. The van der Waals surface area contributed by atoms with Crippen LogP contribution < -0.4 is 10.1 Å². The molecule has 1 aromatic carbocycles. The Kier molecular flexibility index (Phi) is 5.45. The first-order chi connectivity index (χ1) is 10.9. The van der Waals surface area contributed by atoms with E-state index in [1.165, 1.54) is 6.26 Å². The summed E-state index contributed by atoms with van der Waals surface area (Å²) in [4.78, 5) is 12.1. The standard InChI is InChI=1S/C18H23NO4/c1-13(14-7-4-5-8-15(14)22-3)11-17(20)19-12-18(2,21)16-9-6-10-23-16/h4-10,13,21H,11-12H2,1-3H3,(H,19,20). The second-order valence-corrected chi connectivity index (χ2v) is 5.88. The van der Waals surface area contributed by atoms with Crippen molar-refractivity contribution in [3.05, 3.63) is 54.0 Å². The van der Waals surface area contributed by atoms with Gasteiger partial charge >= 0.3 is 0 Å². The molecule has 1 heterocycles. The van der Waals surface area contributed by atoms with E-state index in [2.05, 4.69) is 5.32 Å². The Balaban J connectivity index is 1.92. The summed E-state index contributed by atoms with van der Waals surface area (Å²) in [5.74, 6) is 1.08. The molecule has 0 aliphatic carbocycles. The molecule has 0 radical (unpaired) electrons. The van der Waals surface area contributed by atoms with Crippen molar-refractivity contribution < 1.29 is 19.1 Å². The Bertz CT molecular complexity index is 634. The molecule has 0 saturated carbocycles. The van der Waals surface area contributed by atoms with Crippen molar-refractivity contribution in [2.45, 2.75) is 31.8 Å². The van der Waals surface area contributed by atoms with E-state index in [9.17, 15) is 9.90 Å². The number of para-hydroxylation sites is 1. The second-order valence-electron chi connectivity index (χ2n) is 5.88. The molecule has 2 N–H and O–H groups in total. The Morgan fingerprint density at radius 3 is 2.74 bits per heavy atom. The lowest BCUT2D eigenvalue weighted by molar-refractivity contribution is -0.122. The lowest BCUT2D eigenvalue weighted by atomic mass is 9.96. The lowest BCUT2D eigenvalue weighted by Crippen LogP contribution is -2.38. The van der Waals surface area contributed by atoms with Crippen LogP contribution in [0, 0.1) is 0 Å². The molecule has 2 atom stereocenters. The molecular weight excluding hydrogens is 294 g/mol. The summed E-state index contributed by atoms with van der Waals surface area (Å²) in [6.45, 7) is 3.68. The second kappa shape index (κ2) is 7.33. The quantitative estimate of drug-likeness (QED) is 0.824. The van der Waals surface area contributed by atoms with Crippen molar-refractivity contribution in [1.82, 2.24) is 5.32 Å². The van der Waals surface area contributed by atoms with Crippen molar-refractivity contribution in [2.24, 2.45) is 0 Å². The predicted molar refractivity (Wildman–Crippen MR) is 87.3 cm³/mol. The smallest absolute Gasteiger partial charge is 0.220 e. The molecule has 1 amide bonds. The fourth-order valence-corrected chi connectivity index (χ4v) is 2.48. The van der Waals surface area contributed by atoms with Crippen LogP contribution in [-0.2, 0) is 10.4 Å². The van der Waals surface area contributed by atoms with E-state index in [1.807, 2.05) is 31.2 Å². The van der Waals surface area contributed by atoms with Gasteiger partial charge in [0.25, 0.3) is 0 Å². The molecule has 5 nitrogen and oxygen atoms in total. The van der Waals surface area contributed by atoms with Crippen molar-refractivity contribution in [1.29, 1.82) is 0 Å². The third-order valence-electron chi connectivity index (χ3n) is 3.84. The fourth-order valence-electron chi connectivity index (χ4n) is 2.48. The van der Waals surface area contributed by atoms with E-state index in [-0.39, 0.29) is 18.4 Å². The van der Waals surface area contributed by atoms with E-state index >= 15 is 0 Å². The number of carbonyl (C=O) groups excluding carboxylic acids is 1. The maximum Gasteiger partial charge on any atom is 0.220 e. The van der Waals surface area contributed by atoms with Gasteiger partial charge in [0.05, 0.1) is 19.9 Å². The zero-order valence-corrected chi connectivity index (χ0v) is 13.7. The molecule has 0 fully saturated rings. The molecule has 0 aliphatic heterocycles. The monoisotopic (exact) mass is 317 g/mol. The highest BCUT2D eigenvalue weighted by molar-refractivity contribution is 5.77. The van der Waals surface area contributed by atoms with Gasteiger partial charge in [-0.1, -0.05) is 25.1 Å². The number of methoxy groups -OCH3 is 1. The maximum absolute atomic E-state index is 12.1. The Morgan fingerprint density at radius 1 is 1.35 bits per heavy atom. The molecule has 23 heavy (non-hydrogen) atoms. The van der Waals surface area contributed by atoms with Gasteiger partial charge in [-0.2, -0.15) is 0 Å². The average Bonchev–Trinajstić information content (AvgIpc) is 3.08. The SMILES string of the molecule is COc1ccccc1C(C)CC(=O)NCC(C)(O)c1ccco1. The van der Waals surface area contributed by atoms with E-state index in [1.54, 1.807) is 26.2 Å².